The Labute approximate surface area is 131 Å². The number of halogens is 1. The smallest absolute Gasteiger partial charge is 0.328 e. The predicted octanol–water partition coefficient (Wildman–Crippen LogP) is 3.20. The van der Waals surface area contributed by atoms with Crippen molar-refractivity contribution in [2.75, 3.05) is 12.4 Å². The number of nitro groups is 1. The summed E-state index contributed by atoms with van der Waals surface area (Å²) in [5.74, 6) is -0.0184. The van der Waals surface area contributed by atoms with E-state index in [9.17, 15) is 14.9 Å². The maximum Gasteiger partial charge on any atom is 0.328 e. The van der Waals surface area contributed by atoms with Crippen LogP contribution in [-0.2, 0) is 9.53 Å². The van der Waals surface area contributed by atoms with Gasteiger partial charge in [0.1, 0.15) is 6.04 Å². The molecule has 1 aromatic rings. The molecule has 0 saturated carbocycles. The highest BCUT2D eigenvalue weighted by atomic mass is 127. The molecule has 0 heterocycles. The van der Waals surface area contributed by atoms with Gasteiger partial charge in [-0.1, -0.05) is 13.8 Å². The average Bonchev–Trinajstić information content (AvgIpc) is 2.38. The van der Waals surface area contributed by atoms with Crippen LogP contribution in [0.4, 0.5) is 11.4 Å². The van der Waals surface area contributed by atoms with Crippen molar-refractivity contribution < 1.29 is 14.5 Å². The first kappa shape index (κ1) is 16.7. The minimum Gasteiger partial charge on any atom is -0.467 e. The van der Waals surface area contributed by atoms with Crippen molar-refractivity contribution in [2.45, 2.75) is 26.3 Å². The third-order valence-electron chi connectivity index (χ3n) is 2.69. The fourth-order valence-electron chi connectivity index (χ4n) is 1.75. The van der Waals surface area contributed by atoms with E-state index >= 15 is 0 Å². The molecular formula is C13H17IN2O4. The maximum atomic E-state index is 11.7. The number of hydrogen-bond acceptors (Lipinski definition) is 5. The highest BCUT2D eigenvalue weighted by molar-refractivity contribution is 14.1. The number of nitrogens with zero attached hydrogens (tertiary/aromatic N) is 1. The van der Waals surface area contributed by atoms with Crippen molar-refractivity contribution in [3.8, 4) is 0 Å². The van der Waals surface area contributed by atoms with Gasteiger partial charge in [-0.15, -0.1) is 0 Å². The van der Waals surface area contributed by atoms with E-state index in [4.69, 9.17) is 4.74 Å². The quantitative estimate of drug-likeness (QED) is 0.348. The summed E-state index contributed by atoms with van der Waals surface area (Å²) >= 11 is 2.00. The van der Waals surface area contributed by atoms with Gasteiger partial charge in [0.05, 0.1) is 12.0 Å². The fraction of sp³-hybridized carbons (Fsp3) is 0.462. The van der Waals surface area contributed by atoms with Crippen LogP contribution < -0.4 is 5.32 Å². The number of methoxy groups -OCH3 is 1. The summed E-state index contributed by atoms with van der Waals surface area (Å²) in [7, 11) is 1.35. The first-order valence-electron chi connectivity index (χ1n) is 6.13. The van der Waals surface area contributed by atoms with Crippen molar-refractivity contribution in [1.29, 1.82) is 0 Å². The van der Waals surface area contributed by atoms with E-state index in [-0.39, 0.29) is 11.7 Å². The number of rotatable bonds is 6. The molecule has 1 unspecified atom stereocenters. The predicted molar refractivity (Wildman–Crippen MR) is 84.7 cm³/mol. The molecule has 1 rings (SSSR count). The summed E-state index contributed by atoms with van der Waals surface area (Å²) in [5, 5.41) is 13.8. The van der Waals surface area contributed by atoms with Gasteiger partial charge in [0.25, 0.3) is 5.69 Å². The van der Waals surface area contributed by atoms with Crippen LogP contribution >= 0.6 is 22.6 Å². The van der Waals surface area contributed by atoms with Crippen LogP contribution in [-0.4, -0.2) is 24.0 Å². The van der Waals surface area contributed by atoms with Crippen molar-refractivity contribution in [2.24, 2.45) is 5.92 Å². The SMILES string of the molecule is COC(=O)C(CC(C)C)Nc1ccc([N+](=O)[O-])cc1I. The lowest BCUT2D eigenvalue weighted by Gasteiger charge is -2.20. The Morgan fingerprint density at radius 3 is 2.60 bits per heavy atom. The number of benzene rings is 1. The number of hydrogen-bond donors (Lipinski definition) is 1. The molecule has 0 saturated heterocycles. The Bertz CT molecular complexity index is 505. The summed E-state index contributed by atoms with van der Waals surface area (Å²) in [6.07, 6.45) is 0.625. The molecule has 6 nitrogen and oxygen atoms in total. The molecule has 0 aliphatic heterocycles. The van der Waals surface area contributed by atoms with E-state index in [0.717, 1.165) is 0 Å². The lowest BCUT2D eigenvalue weighted by molar-refractivity contribution is -0.384. The summed E-state index contributed by atoms with van der Waals surface area (Å²) in [5.41, 5.74) is 0.714. The molecular weight excluding hydrogens is 375 g/mol. The summed E-state index contributed by atoms with van der Waals surface area (Å²) in [6.45, 7) is 4.02. The van der Waals surface area contributed by atoms with E-state index in [1.165, 1.54) is 19.2 Å². The summed E-state index contributed by atoms with van der Waals surface area (Å²) < 4.78 is 5.46. The minimum absolute atomic E-state index is 0.0263. The lowest BCUT2D eigenvalue weighted by atomic mass is 10.0. The topological polar surface area (TPSA) is 81.5 Å². The van der Waals surface area contributed by atoms with E-state index in [1.54, 1.807) is 6.07 Å². The number of carbonyl (C=O) groups is 1. The zero-order chi connectivity index (χ0) is 15.3. The standard InChI is InChI=1S/C13H17IN2O4/c1-8(2)6-12(13(17)20-3)15-11-5-4-9(16(18)19)7-10(11)14/h4-5,7-8,12,15H,6H2,1-3H3. The van der Waals surface area contributed by atoms with Crippen LogP contribution in [0.2, 0.25) is 0 Å². The highest BCUT2D eigenvalue weighted by Gasteiger charge is 2.21. The molecule has 110 valence electrons. The number of non-ortho nitro benzene ring substituents is 1. The molecule has 7 heteroatoms. The van der Waals surface area contributed by atoms with Crippen LogP contribution in [0, 0.1) is 19.6 Å². The van der Waals surface area contributed by atoms with Crippen molar-refractivity contribution in [3.63, 3.8) is 0 Å². The zero-order valence-electron chi connectivity index (χ0n) is 11.6. The number of carbonyl (C=O) groups excluding carboxylic acids is 1. The van der Waals surface area contributed by atoms with Crippen molar-refractivity contribution in [3.05, 3.63) is 31.9 Å². The largest absolute Gasteiger partial charge is 0.467 e. The van der Waals surface area contributed by atoms with E-state index in [1.807, 2.05) is 36.4 Å². The van der Waals surface area contributed by atoms with Gasteiger partial charge < -0.3 is 10.1 Å². The average molecular weight is 392 g/mol. The Morgan fingerprint density at radius 1 is 1.50 bits per heavy atom. The van der Waals surface area contributed by atoms with Gasteiger partial charge in [0.15, 0.2) is 0 Å². The van der Waals surface area contributed by atoms with Crippen LogP contribution in [0.15, 0.2) is 18.2 Å². The summed E-state index contributed by atoms with van der Waals surface area (Å²) in [6, 6.07) is 4.02. The molecule has 0 amide bonds. The van der Waals surface area contributed by atoms with Crippen LogP contribution in [0.3, 0.4) is 0 Å². The van der Waals surface area contributed by atoms with Gasteiger partial charge in [-0.3, -0.25) is 10.1 Å². The number of nitrogens with one attached hydrogen (secondary N) is 1. The van der Waals surface area contributed by atoms with Gasteiger partial charge >= 0.3 is 5.97 Å². The normalized spacial score (nSPS) is 12.1. The van der Waals surface area contributed by atoms with Crippen molar-refractivity contribution >= 4 is 39.9 Å². The molecule has 1 N–H and O–H groups in total. The van der Waals surface area contributed by atoms with E-state index < -0.39 is 11.0 Å². The Morgan fingerprint density at radius 2 is 2.15 bits per heavy atom. The maximum absolute atomic E-state index is 11.7. The van der Waals surface area contributed by atoms with Crippen LogP contribution in [0.25, 0.3) is 0 Å². The Hall–Kier alpha value is -1.38. The second-order valence-corrected chi connectivity index (χ2v) is 5.93. The number of nitro benzene ring substituents is 1. The number of esters is 1. The first-order chi connectivity index (χ1) is 9.35. The van der Waals surface area contributed by atoms with Crippen LogP contribution in [0.1, 0.15) is 20.3 Å². The molecule has 0 radical (unpaired) electrons. The Kier molecular flexibility index (Phi) is 6.18. The van der Waals surface area contributed by atoms with Crippen molar-refractivity contribution in [1.82, 2.24) is 0 Å². The number of ether oxygens (including phenoxy) is 1. The number of anilines is 1. The molecule has 1 aromatic carbocycles. The van der Waals surface area contributed by atoms with Gasteiger partial charge in [0, 0.05) is 21.4 Å². The minimum atomic E-state index is -0.463. The fourth-order valence-corrected chi connectivity index (χ4v) is 2.40. The first-order valence-corrected chi connectivity index (χ1v) is 7.21. The second kappa shape index (κ2) is 7.41. The molecule has 1 atom stereocenters. The lowest BCUT2D eigenvalue weighted by Crippen LogP contribution is -2.32. The third-order valence-corrected chi connectivity index (χ3v) is 3.58. The third kappa shape index (κ3) is 4.62. The molecule has 0 aliphatic rings. The van der Waals surface area contributed by atoms with Gasteiger partial charge in [-0.25, -0.2) is 4.79 Å². The molecule has 0 aliphatic carbocycles. The molecule has 0 aromatic heterocycles. The summed E-state index contributed by atoms with van der Waals surface area (Å²) in [4.78, 5) is 22.0. The Balaban J connectivity index is 2.93. The zero-order valence-corrected chi connectivity index (χ0v) is 13.7. The molecule has 20 heavy (non-hydrogen) atoms. The monoisotopic (exact) mass is 392 g/mol. The highest BCUT2D eigenvalue weighted by Crippen LogP contribution is 2.25. The van der Waals surface area contributed by atoms with Crippen LogP contribution in [0.5, 0.6) is 0 Å². The van der Waals surface area contributed by atoms with Gasteiger partial charge in [0.2, 0.25) is 0 Å². The van der Waals surface area contributed by atoms with E-state index in [2.05, 4.69) is 5.32 Å². The van der Waals surface area contributed by atoms with Gasteiger partial charge in [-0.2, -0.15) is 0 Å². The second-order valence-electron chi connectivity index (χ2n) is 4.77. The van der Waals surface area contributed by atoms with E-state index in [0.29, 0.717) is 21.6 Å². The molecule has 0 fully saturated rings. The molecule has 0 bridgehead atoms. The molecule has 0 spiro atoms. The van der Waals surface area contributed by atoms with Gasteiger partial charge in [-0.05, 0) is 41.0 Å².